The van der Waals surface area contributed by atoms with Crippen molar-refractivity contribution >= 4 is 22.7 Å². The molecule has 0 aliphatic rings. The average molecular weight is 336 g/mol. The number of rotatable bonds is 6. The molecule has 25 heavy (non-hydrogen) atoms. The van der Waals surface area contributed by atoms with Crippen LogP contribution in [0.2, 0.25) is 0 Å². The molecule has 4 N–H and O–H groups in total. The summed E-state index contributed by atoms with van der Waals surface area (Å²) >= 11 is 0. The molecular formula is C20H24N4O. The third-order valence-corrected chi connectivity index (χ3v) is 4.40. The maximum atomic E-state index is 9.87. The van der Waals surface area contributed by atoms with Gasteiger partial charge in [-0.2, -0.15) is 4.98 Å². The number of hydrogen-bond donors (Lipinski definition) is 3. The summed E-state index contributed by atoms with van der Waals surface area (Å²) in [6.45, 7) is 4.10. The minimum atomic E-state index is -0.466. The SMILES string of the molecule is CCCC(C)(CO)Nc1nc(N)nc2cccc(-c3ccccc3)c12. The summed E-state index contributed by atoms with van der Waals surface area (Å²) < 4.78 is 0. The Balaban J connectivity index is 2.21. The van der Waals surface area contributed by atoms with Gasteiger partial charge in [0.1, 0.15) is 5.82 Å². The van der Waals surface area contributed by atoms with Gasteiger partial charge in [-0.05, 0) is 30.5 Å². The van der Waals surface area contributed by atoms with E-state index in [1.54, 1.807) is 0 Å². The molecule has 2 aromatic carbocycles. The highest BCUT2D eigenvalue weighted by molar-refractivity contribution is 6.02. The molecule has 0 saturated carbocycles. The van der Waals surface area contributed by atoms with Crippen molar-refractivity contribution in [3.05, 3.63) is 48.5 Å². The Morgan fingerprint density at radius 3 is 2.52 bits per heavy atom. The number of hydrogen-bond acceptors (Lipinski definition) is 5. The lowest BCUT2D eigenvalue weighted by Crippen LogP contribution is -2.39. The van der Waals surface area contributed by atoms with Crippen molar-refractivity contribution in [1.29, 1.82) is 0 Å². The molecule has 3 aromatic rings. The Labute approximate surface area is 147 Å². The minimum Gasteiger partial charge on any atom is -0.394 e. The van der Waals surface area contributed by atoms with Gasteiger partial charge in [0.15, 0.2) is 0 Å². The maximum Gasteiger partial charge on any atom is 0.222 e. The number of aliphatic hydroxyl groups excluding tert-OH is 1. The van der Waals surface area contributed by atoms with Crippen LogP contribution in [0.5, 0.6) is 0 Å². The predicted molar refractivity (Wildman–Crippen MR) is 103 cm³/mol. The minimum absolute atomic E-state index is 0.0136. The average Bonchev–Trinajstić information content (AvgIpc) is 2.62. The standard InChI is InChI=1S/C20H24N4O/c1-3-12-20(2,13-25)24-18-17-15(14-8-5-4-6-9-14)10-7-11-16(17)22-19(21)23-18/h4-11,25H,3,12-13H2,1-2H3,(H3,21,22,23,24). The van der Waals surface area contributed by atoms with Crippen LogP contribution in [0.15, 0.2) is 48.5 Å². The number of nitrogens with two attached hydrogens (primary N) is 1. The Morgan fingerprint density at radius 2 is 1.84 bits per heavy atom. The molecular weight excluding hydrogens is 312 g/mol. The molecule has 1 atom stereocenters. The number of nitrogens with one attached hydrogen (secondary N) is 1. The quantitative estimate of drug-likeness (QED) is 0.637. The second-order valence-electron chi connectivity index (χ2n) is 6.59. The molecule has 3 rings (SSSR count). The van der Waals surface area contributed by atoms with Crippen LogP contribution in [0.25, 0.3) is 22.0 Å². The Hall–Kier alpha value is -2.66. The van der Waals surface area contributed by atoms with Crippen LogP contribution in [0.4, 0.5) is 11.8 Å². The van der Waals surface area contributed by atoms with Crippen molar-refractivity contribution in [2.75, 3.05) is 17.7 Å². The van der Waals surface area contributed by atoms with E-state index in [0.29, 0.717) is 5.82 Å². The zero-order valence-corrected chi connectivity index (χ0v) is 14.7. The van der Waals surface area contributed by atoms with E-state index in [9.17, 15) is 5.11 Å². The van der Waals surface area contributed by atoms with E-state index >= 15 is 0 Å². The van der Waals surface area contributed by atoms with Gasteiger partial charge in [0.25, 0.3) is 0 Å². The smallest absolute Gasteiger partial charge is 0.222 e. The summed E-state index contributed by atoms with van der Waals surface area (Å²) in [5, 5.41) is 14.2. The van der Waals surface area contributed by atoms with Gasteiger partial charge < -0.3 is 16.2 Å². The van der Waals surface area contributed by atoms with Gasteiger partial charge in [-0.1, -0.05) is 55.8 Å². The first-order valence-corrected chi connectivity index (χ1v) is 8.57. The molecule has 0 aliphatic carbocycles. The van der Waals surface area contributed by atoms with E-state index in [1.807, 2.05) is 37.3 Å². The molecule has 0 amide bonds. The predicted octanol–water partition coefficient (Wildman–Crippen LogP) is 3.84. The van der Waals surface area contributed by atoms with Crippen LogP contribution >= 0.6 is 0 Å². The number of aromatic nitrogens is 2. The van der Waals surface area contributed by atoms with Gasteiger partial charge in [-0.15, -0.1) is 0 Å². The fourth-order valence-corrected chi connectivity index (χ4v) is 3.17. The van der Waals surface area contributed by atoms with E-state index in [1.165, 1.54) is 0 Å². The van der Waals surface area contributed by atoms with Crippen LogP contribution in [0, 0.1) is 0 Å². The maximum absolute atomic E-state index is 9.87. The lowest BCUT2D eigenvalue weighted by Gasteiger charge is -2.30. The van der Waals surface area contributed by atoms with Crippen LogP contribution in [0.1, 0.15) is 26.7 Å². The molecule has 0 spiro atoms. The number of aliphatic hydroxyl groups is 1. The van der Waals surface area contributed by atoms with Crippen LogP contribution < -0.4 is 11.1 Å². The molecule has 5 nitrogen and oxygen atoms in total. The van der Waals surface area contributed by atoms with E-state index in [2.05, 4.69) is 40.4 Å². The molecule has 0 aliphatic heterocycles. The molecule has 5 heteroatoms. The van der Waals surface area contributed by atoms with Crippen molar-refractivity contribution in [3.63, 3.8) is 0 Å². The summed E-state index contributed by atoms with van der Waals surface area (Å²) in [5.41, 5.74) is 8.37. The zero-order valence-electron chi connectivity index (χ0n) is 14.7. The van der Waals surface area contributed by atoms with Crippen LogP contribution in [-0.2, 0) is 0 Å². The number of nitrogens with zero attached hydrogens (tertiary/aromatic N) is 2. The normalized spacial score (nSPS) is 13.6. The molecule has 0 radical (unpaired) electrons. The summed E-state index contributed by atoms with van der Waals surface area (Å²) in [7, 11) is 0. The number of nitrogen functional groups attached to an aromatic ring is 1. The largest absolute Gasteiger partial charge is 0.394 e. The van der Waals surface area contributed by atoms with Gasteiger partial charge in [0.2, 0.25) is 5.95 Å². The van der Waals surface area contributed by atoms with E-state index in [4.69, 9.17) is 5.73 Å². The molecule has 1 aromatic heterocycles. The summed E-state index contributed by atoms with van der Waals surface area (Å²) in [6, 6.07) is 16.1. The van der Waals surface area contributed by atoms with Crippen molar-refractivity contribution in [2.45, 2.75) is 32.2 Å². The van der Waals surface area contributed by atoms with Gasteiger partial charge in [-0.3, -0.25) is 0 Å². The molecule has 1 unspecified atom stereocenters. The number of fused-ring (bicyclic) bond motifs is 1. The molecule has 0 saturated heterocycles. The monoisotopic (exact) mass is 336 g/mol. The summed E-state index contributed by atoms with van der Waals surface area (Å²) in [5.74, 6) is 0.879. The second kappa shape index (κ2) is 7.07. The Bertz CT molecular complexity index is 866. The third kappa shape index (κ3) is 3.56. The Morgan fingerprint density at radius 1 is 1.08 bits per heavy atom. The molecule has 130 valence electrons. The highest BCUT2D eigenvalue weighted by Gasteiger charge is 2.24. The van der Waals surface area contributed by atoms with Crippen molar-refractivity contribution in [3.8, 4) is 11.1 Å². The highest BCUT2D eigenvalue weighted by Crippen LogP contribution is 2.34. The van der Waals surface area contributed by atoms with E-state index in [-0.39, 0.29) is 12.6 Å². The number of anilines is 2. The van der Waals surface area contributed by atoms with Crippen molar-refractivity contribution in [1.82, 2.24) is 9.97 Å². The van der Waals surface area contributed by atoms with Gasteiger partial charge >= 0.3 is 0 Å². The number of benzene rings is 2. The first kappa shape index (κ1) is 17.2. The van der Waals surface area contributed by atoms with Crippen molar-refractivity contribution in [2.24, 2.45) is 0 Å². The van der Waals surface area contributed by atoms with Gasteiger partial charge in [0, 0.05) is 0 Å². The summed E-state index contributed by atoms with van der Waals surface area (Å²) in [6.07, 6.45) is 1.77. The van der Waals surface area contributed by atoms with E-state index in [0.717, 1.165) is 34.9 Å². The second-order valence-corrected chi connectivity index (χ2v) is 6.59. The van der Waals surface area contributed by atoms with Crippen LogP contribution in [-0.4, -0.2) is 27.2 Å². The van der Waals surface area contributed by atoms with Gasteiger partial charge in [-0.25, -0.2) is 4.98 Å². The topological polar surface area (TPSA) is 84.1 Å². The Kier molecular flexibility index (Phi) is 4.86. The van der Waals surface area contributed by atoms with E-state index < -0.39 is 5.54 Å². The van der Waals surface area contributed by atoms with Gasteiger partial charge in [0.05, 0.1) is 23.0 Å². The lowest BCUT2D eigenvalue weighted by molar-refractivity contribution is 0.214. The third-order valence-electron chi connectivity index (χ3n) is 4.40. The lowest BCUT2D eigenvalue weighted by atomic mass is 9.96. The fraction of sp³-hybridized carbons (Fsp3) is 0.300. The zero-order chi connectivity index (χ0) is 17.9. The van der Waals surface area contributed by atoms with Crippen LogP contribution in [0.3, 0.4) is 0 Å². The first-order chi connectivity index (χ1) is 12.1. The molecule has 1 heterocycles. The molecule has 0 bridgehead atoms. The summed E-state index contributed by atoms with van der Waals surface area (Å²) in [4.78, 5) is 8.84. The first-order valence-electron chi connectivity index (χ1n) is 8.57. The molecule has 0 fully saturated rings. The fourth-order valence-electron chi connectivity index (χ4n) is 3.17. The highest BCUT2D eigenvalue weighted by atomic mass is 16.3. The van der Waals surface area contributed by atoms with Crippen molar-refractivity contribution < 1.29 is 5.11 Å².